The van der Waals surface area contributed by atoms with Crippen molar-refractivity contribution < 1.29 is 4.74 Å². The van der Waals surface area contributed by atoms with Crippen LogP contribution in [0.15, 0.2) is 30.9 Å². The summed E-state index contributed by atoms with van der Waals surface area (Å²) in [4.78, 5) is 7.48. The van der Waals surface area contributed by atoms with Crippen molar-refractivity contribution in [2.45, 2.75) is 19.8 Å². The number of aromatic amines is 1. The fourth-order valence-corrected chi connectivity index (χ4v) is 2.30. The highest BCUT2D eigenvalue weighted by Gasteiger charge is 2.13. The molecule has 5 heteroatoms. The van der Waals surface area contributed by atoms with Crippen LogP contribution in [0.2, 0.25) is 0 Å². The highest BCUT2D eigenvalue weighted by molar-refractivity contribution is 5.69. The second-order valence-corrected chi connectivity index (χ2v) is 4.79. The van der Waals surface area contributed by atoms with E-state index in [1.807, 2.05) is 18.5 Å². The van der Waals surface area contributed by atoms with Crippen LogP contribution in [0, 0.1) is 0 Å². The van der Waals surface area contributed by atoms with Crippen LogP contribution in [0.5, 0.6) is 5.75 Å². The summed E-state index contributed by atoms with van der Waals surface area (Å²) in [5.74, 6) is 1.18. The molecule has 19 heavy (non-hydrogen) atoms. The minimum atomic E-state index is 0.457. The molecule has 3 rings (SSSR count). The summed E-state index contributed by atoms with van der Waals surface area (Å²) in [6.45, 7) is 4.36. The molecule has 0 atom stereocenters. The fourth-order valence-electron chi connectivity index (χ4n) is 2.30. The Bertz CT molecular complexity index is 711. The molecule has 5 nitrogen and oxygen atoms in total. The smallest absolute Gasteiger partial charge is 0.197 e. The van der Waals surface area contributed by atoms with Gasteiger partial charge in [0.2, 0.25) is 0 Å². The van der Waals surface area contributed by atoms with Crippen molar-refractivity contribution in [3.8, 4) is 17.0 Å². The third-order valence-electron chi connectivity index (χ3n) is 3.25. The zero-order chi connectivity index (χ0) is 13.4. The highest BCUT2D eigenvalue weighted by atomic mass is 16.5. The van der Waals surface area contributed by atoms with Gasteiger partial charge in [-0.15, -0.1) is 0 Å². The van der Waals surface area contributed by atoms with Gasteiger partial charge < -0.3 is 9.72 Å². The number of nitrogens with zero attached hydrogens (tertiary/aromatic N) is 3. The molecule has 3 aromatic rings. The summed E-state index contributed by atoms with van der Waals surface area (Å²) >= 11 is 0. The van der Waals surface area contributed by atoms with E-state index in [4.69, 9.17) is 4.74 Å². The second-order valence-electron chi connectivity index (χ2n) is 4.79. The standard InChI is InChI=1S/C14H16N4O/c1-9(2)11-4-5-15-13(11)10-6-12(19-3)14-16-8-17-18(14)7-10/h4-9,15H,1-3H3. The lowest BCUT2D eigenvalue weighted by Gasteiger charge is -2.09. The van der Waals surface area contributed by atoms with Crippen LogP contribution in [0.1, 0.15) is 25.3 Å². The predicted molar refractivity (Wildman–Crippen MR) is 73.4 cm³/mol. The Morgan fingerprint density at radius 1 is 1.37 bits per heavy atom. The number of nitrogens with one attached hydrogen (secondary N) is 1. The molecule has 0 aliphatic carbocycles. The van der Waals surface area contributed by atoms with E-state index < -0.39 is 0 Å². The molecule has 0 saturated carbocycles. The number of H-pyrrole nitrogens is 1. The molecule has 0 amide bonds. The van der Waals surface area contributed by atoms with Gasteiger partial charge in [0.05, 0.1) is 12.8 Å². The first-order chi connectivity index (χ1) is 9.20. The molecule has 98 valence electrons. The number of fused-ring (bicyclic) bond motifs is 1. The largest absolute Gasteiger partial charge is 0.493 e. The fraction of sp³-hybridized carbons (Fsp3) is 0.286. The van der Waals surface area contributed by atoms with Crippen molar-refractivity contribution in [1.29, 1.82) is 0 Å². The van der Waals surface area contributed by atoms with Crippen molar-refractivity contribution in [2.24, 2.45) is 0 Å². The monoisotopic (exact) mass is 256 g/mol. The second kappa shape index (κ2) is 4.42. The lowest BCUT2D eigenvalue weighted by atomic mass is 10.0. The molecule has 1 N–H and O–H groups in total. The third kappa shape index (κ3) is 1.87. The van der Waals surface area contributed by atoms with Crippen molar-refractivity contribution in [3.63, 3.8) is 0 Å². The maximum absolute atomic E-state index is 5.39. The minimum Gasteiger partial charge on any atom is -0.493 e. The molecule has 0 saturated heterocycles. The van der Waals surface area contributed by atoms with Crippen LogP contribution in [-0.2, 0) is 0 Å². The van der Waals surface area contributed by atoms with E-state index >= 15 is 0 Å². The first-order valence-corrected chi connectivity index (χ1v) is 6.25. The van der Waals surface area contributed by atoms with Gasteiger partial charge in [0.1, 0.15) is 6.33 Å². The molecule has 0 fully saturated rings. The minimum absolute atomic E-state index is 0.457. The van der Waals surface area contributed by atoms with Crippen molar-refractivity contribution in [1.82, 2.24) is 19.6 Å². The molecule has 0 aliphatic heterocycles. The van der Waals surface area contributed by atoms with E-state index in [9.17, 15) is 0 Å². The predicted octanol–water partition coefficient (Wildman–Crippen LogP) is 2.86. The van der Waals surface area contributed by atoms with Gasteiger partial charge in [-0.3, -0.25) is 0 Å². The number of hydrogen-bond donors (Lipinski definition) is 1. The molecule has 3 heterocycles. The van der Waals surface area contributed by atoms with Crippen LogP contribution in [0.3, 0.4) is 0 Å². The van der Waals surface area contributed by atoms with Crippen LogP contribution in [-0.4, -0.2) is 26.7 Å². The lowest BCUT2D eigenvalue weighted by molar-refractivity contribution is 0.416. The van der Waals surface area contributed by atoms with Crippen LogP contribution < -0.4 is 4.74 Å². The molecule has 0 aliphatic rings. The normalized spacial score (nSPS) is 11.4. The summed E-state index contributed by atoms with van der Waals surface area (Å²) < 4.78 is 7.12. The molecule has 3 aromatic heterocycles. The average Bonchev–Trinajstić information content (AvgIpc) is 3.05. The Labute approximate surface area is 111 Å². The van der Waals surface area contributed by atoms with Gasteiger partial charge in [0.15, 0.2) is 11.4 Å². The SMILES string of the molecule is COc1cc(-c2[nH]ccc2C(C)C)cn2ncnc12. The number of pyridine rings is 1. The Kier molecular flexibility index (Phi) is 2.74. The van der Waals surface area contributed by atoms with E-state index in [1.165, 1.54) is 11.9 Å². The van der Waals surface area contributed by atoms with E-state index in [0.717, 1.165) is 22.7 Å². The summed E-state index contributed by atoms with van der Waals surface area (Å²) in [5.41, 5.74) is 4.15. The molecule has 0 bridgehead atoms. The number of aromatic nitrogens is 4. The first kappa shape index (κ1) is 11.8. The zero-order valence-electron chi connectivity index (χ0n) is 11.2. The number of methoxy groups -OCH3 is 1. The van der Waals surface area contributed by atoms with Gasteiger partial charge >= 0.3 is 0 Å². The summed E-state index contributed by atoms with van der Waals surface area (Å²) in [6.07, 6.45) is 5.45. The molecule has 0 spiro atoms. The van der Waals surface area contributed by atoms with Gasteiger partial charge in [-0.1, -0.05) is 13.8 Å². The Morgan fingerprint density at radius 3 is 2.95 bits per heavy atom. The molecule has 0 unspecified atom stereocenters. The Balaban J connectivity index is 2.22. The molecule has 0 radical (unpaired) electrons. The van der Waals surface area contributed by atoms with Gasteiger partial charge in [-0.2, -0.15) is 5.10 Å². The Hall–Kier alpha value is -2.30. The average molecular weight is 256 g/mol. The van der Waals surface area contributed by atoms with Crippen molar-refractivity contribution >= 4 is 5.65 Å². The molecule has 0 aromatic carbocycles. The quantitative estimate of drug-likeness (QED) is 0.784. The van der Waals surface area contributed by atoms with E-state index in [-0.39, 0.29) is 0 Å². The highest BCUT2D eigenvalue weighted by Crippen LogP contribution is 2.31. The number of hydrogen-bond acceptors (Lipinski definition) is 3. The van der Waals surface area contributed by atoms with Crippen LogP contribution in [0.25, 0.3) is 16.9 Å². The number of rotatable bonds is 3. The van der Waals surface area contributed by atoms with Gasteiger partial charge in [-0.25, -0.2) is 9.50 Å². The summed E-state index contributed by atoms with van der Waals surface area (Å²) in [7, 11) is 1.64. The summed E-state index contributed by atoms with van der Waals surface area (Å²) in [5, 5.41) is 4.18. The lowest BCUT2D eigenvalue weighted by Crippen LogP contribution is -1.96. The van der Waals surface area contributed by atoms with Crippen LogP contribution >= 0.6 is 0 Å². The topological polar surface area (TPSA) is 55.2 Å². The maximum Gasteiger partial charge on any atom is 0.197 e. The van der Waals surface area contributed by atoms with Crippen molar-refractivity contribution in [2.75, 3.05) is 7.11 Å². The first-order valence-electron chi connectivity index (χ1n) is 6.25. The van der Waals surface area contributed by atoms with E-state index in [2.05, 4.69) is 35.0 Å². The number of ether oxygens (including phenoxy) is 1. The van der Waals surface area contributed by atoms with Gasteiger partial charge in [-0.05, 0) is 23.6 Å². The van der Waals surface area contributed by atoms with E-state index in [0.29, 0.717) is 5.92 Å². The van der Waals surface area contributed by atoms with Gasteiger partial charge in [0, 0.05) is 18.0 Å². The maximum atomic E-state index is 5.39. The van der Waals surface area contributed by atoms with Crippen LogP contribution in [0.4, 0.5) is 0 Å². The van der Waals surface area contributed by atoms with Gasteiger partial charge in [0.25, 0.3) is 0 Å². The molecular formula is C14H16N4O. The molecular weight excluding hydrogens is 240 g/mol. The summed E-state index contributed by atoms with van der Waals surface area (Å²) in [6, 6.07) is 4.10. The zero-order valence-corrected chi connectivity index (χ0v) is 11.2. The Morgan fingerprint density at radius 2 is 2.21 bits per heavy atom. The van der Waals surface area contributed by atoms with Crippen molar-refractivity contribution in [3.05, 3.63) is 36.4 Å². The third-order valence-corrected chi connectivity index (χ3v) is 3.25. The van der Waals surface area contributed by atoms with E-state index in [1.54, 1.807) is 11.6 Å².